The average Bonchev–Trinajstić information content (AvgIpc) is 3.37. The van der Waals surface area contributed by atoms with Crippen molar-refractivity contribution in [2.24, 2.45) is 11.8 Å². The predicted octanol–water partition coefficient (Wildman–Crippen LogP) is 11.2. The number of aliphatic hydroxyl groups is 1. The minimum Gasteiger partial charge on any atom is -0.396 e. The first-order chi connectivity index (χ1) is 32.0. The second-order valence-electron chi connectivity index (χ2n) is 16.8. The van der Waals surface area contributed by atoms with Crippen LogP contribution in [0, 0.1) is 11.8 Å². The van der Waals surface area contributed by atoms with Gasteiger partial charge in [-0.15, -0.1) is 0 Å². The summed E-state index contributed by atoms with van der Waals surface area (Å²) in [5.74, 6) is -0.310. The SMILES string of the molecule is CC[C@H](OCc1ccccc1)C(OCc1ccccc1)[C@@H](OCc1ccccc1)[C@H](COC[C@@H](OCc1ccccc1)[C@@H](C)C(OCc1ccccc1)[C@H](C)CO)OCc1ccccc1. The van der Waals surface area contributed by atoms with Gasteiger partial charge in [0.25, 0.3) is 0 Å². The predicted molar refractivity (Wildman–Crippen MR) is 257 cm³/mol. The number of hydrogen-bond acceptors (Lipinski definition) is 8. The normalized spacial score (nSPS) is 15.3. The van der Waals surface area contributed by atoms with Crippen molar-refractivity contribution in [1.29, 1.82) is 0 Å². The van der Waals surface area contributed by atoms with Gasteiger partial charge in [-0.25, -0.2) is 0 Å². The van der Waals surface area contributed by atoms with Crippen molar-refractivity contribution in [3.8, 4) is 0 Å². The van der Waals surface area contributed by atoms with Crippen LogP contribution in [0.4, 0.5) is 0 Å². The van der Waals surface area contributed by atoms with E-state index in [9.17, 15) is 5.11 Å². The summed E-state index contributed by atoms with van der Waals surface area (Å²) in [7, 11) is 0. The summed E-state index contributed by atoms with van der Waals surface area (Å²) in [6.07, 6.45) is -2.18. The van der Waals surface area contributed by atoms with Crippen molar-refractivity contribution >= 4 is 0 Å². The molecule has 0 fully saturated rings. The molecule has 0 bridgehead atoms. The van der Waals surface area contributed by atoms with Gasteiger partial charge in [0.15, 0.2) is 0 Å². The minimum absolute atomic E-state index is 0.0266. The molecule has 2 unspecified atom stereocenters. The highest BCUT2D eigenvalue weighted by molar-refractivity contribution is 5.18. The highest BCUT2D eigenvalue weighted by Gasteiger charge is 2.39. The van der Waals surface area contributed by atoms with Crippen LogP contribution in [0.1, 0.15) is 60.6 Å². The molecule has 0 saturated heterocycles. The van der Waals surface area contributed by atoms with Crippen LogP contribution in [0.15, 0.2) is 182 Å². The molecule has 0 radical (unpaired) electrons. The third-order valence-electron chi connectivity index (χ3n) is 11.8. The molecule has 0 amide bonds. The topological polar surface area (TPSA) is 84.8 Å². The van der Waals surface area contributed by atoms with E-state index in [-0.39, 0.29) is 43.9 Å². The van der Waals surface area contributed by atoms with Crippen LogP contribution in [0.3, 0.4) is 0 Å². The third-order valence-corrected chi connectivity index (χ3v) is 11.8. The van der Waals surface area contributed by atoms with Crippen LogP contribution in [-0.2, 0) is 72.8 Å². The van der Waals surface area contributed by atoms with Crippen molar-refractivity contribution in [3.05, 3.63) is 215 Å². The zero-order chi connectivity index (χ0) is 45.3. The Hall–Kier alpha value is -5.00. The van der Waals surface area contributed by atoms with Gasteiger partial charge >= 0.3 is 0 Å². The summed E-state index contributed by atoms with van der Waals surface area (Å²) in [5, 5.41) is 10.5. The molecule has 65 heavy (non-hydrogen) atoms. The lowest BCUT2D eigenvalue weighted by Gasteiger charge is -2.38. The maximum absolute atomic E-state index is 10.5. The molecular weight excluding hydrogens is 813 g/mol. The molecule has 8 atom stereocenters. The number of benzene rings is 6. The minimum atomic E-state index is -0.624. The van der Waals surface area contributed by atoms with Gasteiger partial charge in [-0.1, -0.05) is 203 Å². The van der Waals surface area contributed by atoms with Gasteiger partial charge in [0, 0.05) is 18.4 Å². The zero-order valence-corrected chi connectivity index (χ0v) is 38.3. The first kappa shape index (κ1) is 49.4. The molecule has 6 aromatic carbocycles. The molecule has 0 heterocycles. The van der Waals surface area contributed by atoms with Crippen LogP contribution in [-0.4, -0.2) is 61.6 Å². The van der Waals surface area contributed by atoms with E-state index in [4.69, 9.17) is 33.2 Å². The summed E-state index contributed by atoms with van der Waals surface area (Å²) in [4.78, 5) is 0. The summed E-state index contributed by atoms with van der Waals surface area (Å²) < 4.78 is 48.0. The molecule has 8 nitrogen and oxygen atoms in total. The molecule has 0 aliphatic heterocycles. The Bertz CT molecular complexity index is 2090. The molecule has 8 heteroatoms. The Labute approximate surface area is 387 Å². The van der Waals surface area contributed by atoms with Crippen molar-refractivity contribution in [2.45, 2.75) is 103 Å². The quantitative estimate of drug-likeness (QED) is 0.0479. The van der Waals surface area contributed by atoms with Gasteiger partial charge in [0.05, 0.1) is 71.2 Å². The number of rotatable bonds is 30. The lowest BCUT2D eigenvalue weighted by atomic mass is 9.89. The van der Waals surface area contributed by atoms with E-state index in [0.29, 0.717) is 46.1 Å². The fourth-order valence-corrected chi connectivity index (χ4v) is 7.94. The number of aliphatic hydroxyl groups excluding tert-OH is 1. The molecule has 0 spiro atoms. The Morgan fingerprint density at radius 2 is 0.631 bits per heavy atom. The maximum atomic E-state index is 10.5. The second kappa shape index (κ2) is 28.1. The first-order valence-electron chi connectivity index (χ1n) is 23.1. The molecule has 6 rings (SSSR count). The van der Waals surface area contributed by atoms with Crippen molar-refractivity contribution in [2.75, 3.05) is 19.8 Å². The van der Waals surface area contributed by atoms with E-state index in [1.54, 1.807) is 0 Å². The van der Waals surface area contributed by atoms with Crippen LogP contribution in [0.25, 0.3) is 0 Å². The standard InChI is InChI=1S/C57H68O8/c1-4-52(60-36-46-23-11-5-12-24-46)56(64-40-50-31-19-9-20-32-50)57(65-41-51-33-21-10-22-34-51)54(62-38-48-27-15-7-16-28-48)43-59-42-53(61-37-47-25-13-6-14-26-47)45(3)55(44(2)35-58)63-39-49-29-17-8-18-30-49/h5-34,44-45,52-58H,4,35-43H2,1-3H3/t44-,45-,52+,53-,54+,55?,56?,57+/m1/s1. The van der Waals surface area contributed by atoms with Crippen LogP contribution in [0.2, 0.25) is 0 Å². The Balaban J connectivity index is 1.31. The third kappa shape index (κ3) is 16.7. The lowest BCUT2D eigenvalue weighted by Crippen LogP contribution is -2.51. The second-order valence-corrected chi connectivity index (χ2v) is 16.8. The molecular formula is C57H68O8. The fourth-order valence-electron chi connectivity index (χ4n) is 7.94. The number of ether oxygens (including phenoxy) is 7. The molecule has 0 saturated carbocycles. The monoisotopic (exact) mass is 880 g/mol. The molecule has 0 aliphatic rings. The fraction of sp³-hybridized carbons (Fsp3) is 0.368. The van der Waals surface area contributed by atoms with E-state index in [1.807, 2.05) is 116 Å². The Morgan fingerprint density at radius 1 is 0.354 bits per heavy atom. The first-order valence-corrected chi connectivity index (χ1v) is 23.1. The average molecular weight is 881 g/mol. The van der Waals surface area contributed by atoms with Crippen LogP contribution >= 0.6 is 0 Å². The zero-order valence-electron chi connectivity index (χ0n) is 38.3. The Kier molecular flexibility index (Phi) is 21.4. The summed E-state index contributed by atoms with van der Waals surface area (Å²) in [6, 6.07) is 61.0. The lowest BCUT2D eigenvalue weighted by molar-refractivity contribution is -0.203. The van der Waals surface area contributed by atoms with E-state index < -0.39 is 24.4 Å². The van der Waals surface area contributed by atoms with E-state index >= 15 is 0 Å². The molecule has 1 N–H and O–H groups in total. The molecule has 0 aromatic heterocycles. The smallest absolute Gasteiger partial charge is 0.115 e. The molecule has 6 aromatic rings. The van der Waals surface area contributed by atoms with Gasteiger partial charge in [0.2, 0.25) is 0 Å². The highest BCUT2D eigenvalue weighted by Crippen LogP contribution is 2.28. The van der Waals surface area contributed by atoms with E-state index in [2.05, 4.69) is 86.6 Å². The van der Waals surface area contributed by atoms with Gasteiger partial charge < -0.3 is 38.3 Å². The number of hydrogen-bond donors (Lipinski definition) is 1. The van der Waals surface area contributed by atoms with Gasteiger partial charge in [-0.05, 0) is 39.8 Å². The van der Waals surface area contributed by atoms with E-state index in [1.165, 1.54) is 0 Å². The van der Waals surface area contributed by atoms with Crippen molar-refractivity contribution < 1.29 is 38.3 Å². The van der Waals surface area contributed by atoms with Crippen molar-refractivity contribution in [3.63, 3.8) is 0 Å². The van der Waals surface area contributed by atoms with E-state index in [0.717, 1.165) is 33.4 Å². The van der Waals surface area contributed by atoms with Crippen molar-refractivity contribution in [1.82, 2.24) is 0 Å². The highest BCUT2D eigenvalue weighted by atomic mass is 16.6. The molecule has 344 valence electrons. The Morgan fingerprint density at radius 3 is 0.969 bits per heavy atom. The van der Waals surface area contributed by atoms with Gasteiger partial charge in [0.1, 0.15) is 18.3 Å². The summed E-state index contributed by atoms with van der Waals surface area (Å²) in [6.45, 7) is 8.90. The van der Waals surface area contributed by atoms with Gasteiger partial charge in [-0.3, -0.25) is 0 Å². The largest absolute Gasteiger partial charge is 0.396 e. The van der Waals surface area contributed by atoms with Gasteiger partial charge in [-0.2, -0.15) is 0 Å². The summed E-state index contributed by atoms with van der Waals surface area (Å²) >= 11 is 0. The maximum Gasteiger partial charge on any atom is 0.115 e. The summed E-state index contributed by atoms with van der Waals surface area (Å²) in [5.41, 5.74) is 6.30. The van der Waals surface area contributed by atoms with Crippen LogP contribution in [0.5, 0.6) is 0 Å². The van der Waals surface area contributed by atoms with Crippen LogP contribution < -0.4 is 0 Å². The molecule has 0 aliphatic carbocycles.